The van der Waals surface area contributed by atoms with Crippen LogP contribution in [0, 0.1) is 0 Å². The quantitative estimate of drug-likeness (QED) is 0.559. The Morgan fingerprint density at radius 3 is 2.58 bits per heavy atom. The average Bonchev–Trinajstić information content (AvgIpc) is 3.05. The molecule has 0 aliphatic carbocycles. The second-order valence-corrected chi connectivity index (χ2v) is 5.21. The van der Waals surface area contributed by atoms with Crippen molar-refractivity contribution in [1.82, 2.24) is 29.8 Å². The number of aromatic nitrogens is 6. The Labute approximate surface area is 144 Å². The summed E-state index contributed by atoms with van der Waals surface area (Å²) in [6.07, 6.45) is 1.24. The van der Waals surface area contributed by atoms with Crippen LogP contribution in [0.2, 0.25) is 0 Å². The summed E-state index contributed by atoms with van der Waals surface area (Å²) in [6.45, 7) is 0. The first kappa shape index (κ1) is 15.9. The van der Waals surface area contributed by atoms with Gasteiger partial charge in [0.15, 0.2) is 5.65 Å². The molecule has 0 amide bonds. The van der Waals surface area contributed by atoms with Crippen LogP contribution in [0.3, 0.4) is 0 Å². The summed E-state index contributed by atoms with van der Waals surface area (Å²) in [6, 6.07) is 6.41. The van der Waals surface area contributed by atoms with E-state index in [4.69, 9.17) is 4.74 Å². The van der Waals surface area contributed by atoms with Gasteiger partial charge in [0.05, 0.1) is 5.56 Å². The second-order valence-electron chi connectivity index (χ2n) is 5.21. The average molecular weight is 358 g/mol. The predicted octanol–water partition coefficient (Wildman–Crippen LogP) is 3.39. The molecule has 1 aromatic carbocycles. The zero-order valence-electron chi connectivity index (χ0n) is 12.9. The third-order valence-electron chi connectivity index (χ3n) is 3.53. The number of hydrogen-bond acceptors (Lipinski definition) is 6. The summed E-state index contributed by atoms with van der Waals surface area (Å²) in [7, 11) is 0. The highest BCUT2D eigenvalue weighted by atomic mass is 19.4. The number of nitrogens with zero attached hydrogens (tertiary/aromatic N) is 6. The van der Waals surface area contributed by atoms with E-state index in [0.717, 1.165) is 12.1 Å². The van der Waals surface area contributed by atoms with E-state index in [1.165, 1.54) is 35.5 Å². The molecule has 0 saturated heterocycles. The molecule has 130 valence electrons. The molecule has 0 bridgehead atoms. The predicted molar refractivity (Wildman–Crippen MR) is 83.3 cm³/mol. The molecule has 0 N–H and O–H groups in total. The molecule has 0 unspecified atom stereocenters. The van der Waals surface area contributed by atoms with E-state index in [2.05, 4.69) is 25.3 Å². The Morgan fingerprint density at radius 2 is 1.81 bits per heavy atom. The molecule has 3 aromatic heterocycles. The molecular formula is C16H9F3N6O. The summed E-state index contributed by atoms with van der Waals surface area (Å²) >= 11 is 0. The second kappa shape index (κ2) is 6.06. The number of alkyl halides is 3. The maximum Gasteiger partial charge on any atom is 0.416 e. The number of ether oxygens (including phenoxy) is 1. The molecule has 0 atom stereocenters. The lowest BCUT2D eigenvalue weighted by molar-refractivity contribution is -0.137. The summed E-state index contributed by atoms with van der Waals surface area (Å²) < 4.78 is 46.2. The third kappa shape index (κ3) is 2.92. The van der Waals surface area contributed by atoms with E-state index in [9.17, 15) is 13.2 Å². The zero-order chi connectivity index (χ0) is 18.1. The molecule has 3 heterocycles. The van der Waals surface area contributed by atoms with E-state index in [-0.39, 0.29) is 11.8 Å². The van der Waals surface area contributed by atoms with Gasteiger partial charge in [0.1, 0.15) is 12.1 Å². The SMILES string of the molecule is FC(F)(F)c1ccc(-c2cncnc2)c(Oc2nnc3cccnn23)c1. The van der Waals surface area contributed by atoms with Crippen molar-refractivity contribution in [2.24, 2.45) is 0 Å². The molecule has 0 spiro atoms. The smallest absolute Gasteiger partial charge is 0.416 e. The van der Waals surface area contributed by atoms with Gasteiger partial charge in [-0.05, 0) is 30.3 Å². The van der Waals surface area contributed by atoms with Gasteiger partial charge >= 0.3 is 12.2 Å². The van der Waals surface area contributed by atoms with Crippen molar-refractivity contribution < 1.29 is 17.9 Å². The third-order valence-corrected chi connectivity index (χ3v) is 3.53. The van der Waals surface area contributed by atoms with Gasteiger partial charge in [0.25, 0.3) is 0 Å². The number of hydrogen-bond donors (Lipinski definition) is 0. The lowest BCUT2D eigenvalue weighted by Gasteiger charge is -2.13. The molecule has 10 heteroatoms. The Balaban J connectivity index is 1.84. The number of benzene rings is 1. The topological polar surface area (TPSA) is 78.1 Å². The number of halogens is 3. The maximum absolute atomic E-state index is 13.1. The van der Waals surface area contributed by atoms with Crippen LogP contribution in [0.15, 0.2) is 55.2 Å². The van der Waals surface area contributed by atoms with Gasteiger partial charge in [0.2, 0.25) is 0 Å². The zero-order valence-corrected chi connectivity index (χ0v) is 12.9. The van der Waals surface area contributed by atoms with Crippen LogP contribution >= 0.6 is 0 Å². The van der Waals surface area contributed by atoms with Gasteiger partial charge in [0, 0.05) is 29.7 Å². The number of fused-ring (bicyclic) bond motifs is 1. The molecule has 0 radical (unpaired) electrons. The minimum Gasteiger partial charge on any atom is -0.422 e. The lowest BCUT2D eigenvalue weighted by atomic mass is 10.0. The Kier molecular flexibility index (Phi) is 3.72. The first-order chi connectivity index (χ1) is 12.5. The van der Waals surface area contributed by atoms with E-state index in [0.29, 0.717) is 16.8 Å². The van der Waals surface area contributed by atoms with E-state index in [1.54, 1.807) is 12.1 Å². The lowest BCUT2D eigenvalue weighted by Crippen LogP contribution is -2.06. The van der Waals surface area contributed by atoms with E-state index >= 15 is 0 Å². The summed E-state index contributed by atoms with van der Waals surface area (Å²) in [4.78, 5) is 7.77. The molecule has 0 aliphatic rings. The van der Waals surface area contributed by atoms with Crippen molar-refractivity contribution in [1.29, 1.82) is 0 Å². The molecule has 26 heavy (non-hydrogen) atoms. The fourth-order valence-corrected chi connectivity index (χ4v) is 2.35. The van der Waals surface area contributed by atoms with E-state index in [1.807, 2.05) is 0 Å². The summed E-state index contributed by atoms with van der Waals surface area (Å²) in [5, 5.41) is 11.7. The van der Waals surface area contributed by atoms with Crippen LogP contribution in [-0.2, 0) is 6.18 Å². The van der Waals surface area contributed by atoms with Gasteiger partial charge in [-0.1, -0.05) is 5.10 Å². The van der Waals surface area contributed by atoms with Crippen molar-refractivity contribution in [3.63, 3.8) is 0 Å². The van der Waals surface area contributed by atoms with E-state index < -0.39 is 11.7 Å². The van der Waals surface area contributed by atoms with Crippen LogP contribution in [0.5, 0.6) is 11.8 Å². The fourth-order valence-electron chi connectivity index (χ4n) is 2.35. The van der Waals surface area contributed by atoms with Crippen LogP contribution in [0.1, 0.15) is 5.56 Å². The van der Waals surface area contributed by atoms with Crippen LogP contribution < -0.4 is 4.74 Å². The first-order valence-electron chi connectivity index (χ1n) is 7.33. The highest BCUT2D eigenvalue weighted by Gasteiger charge is 2.31. The van der Waals surface area contributed by atoms with Crippen molar-refractivity contribution in [2.75, 3.05) is 0 Å². The van der Waals surface area contributed by atoms with Crippen molar-refractivity contribution in [2.45, 2.75) is 6.18 Å². The number of rotatable bonds is 3. The monoisotopic (exact) mass is 358 g/mol. The molecule has 0 aliphatic heterocycles. The van der Waals surface area contributed by atoms with Gasteiger partial charge < -0.3 is 4.74 Å². The fraction of sp³-hybridized carbons (Fsp3) is 0.0625. The first-order valence-corrected chi connectivity index (χ1v) is 7.33. The van der Waals surface area contributed by atoms with Gasteiger partial charge in [-0.2, -0.15) is 22.8 Å². The van der Waals surface area contributed by atoms with Gasteiger partial charge in [-0.3, -0.25) is 0 Å². The van der Waals surface area contributed by atoms with Crippen LogP contribution in [-0.4, -0.2) is 29.8 Å². The van der Waals surface area contributed by atoms with Crippen LogP contribution in [0.4, 0.5) is 13.2 Å². The van der Waals surface area contributed by atoms with Crippen molar-refractivity contribution >= 4 is 5.65 Å². The molecule has 0 fully saturated rings. The van der Waals surface area contributed by atoms with Gasteiger partial charge in [-0.25, -0.2) is 9.97 Å². The summed E-state index contributed by atoms with van der Waals surface area (Å²) in [5.74, 6) is -0.0606. The Bertz CT molecular complexity index is 1060. The molecular weight excluding hydrogens is 349 g/mol. The van der Waals surface area contributed by atoms with Crippen molar-refractivity contribution in [3.8, 4) is 22.9 Å². The minimum atomic E-state index is -4.52. The molecule has 4 rings (SSSR count). The van der Waals surface area contributed by atoms with Crippen LogP contribution in [0.25, 0.3) is 16.8 Å². The normalized spacial score (nSPS) is 11.7. The summed E-state index contributed by atoms with van der Waals surface area (Å²) in [5.41, 5.74) is 0.429. The Hall–Kier alpha value is -3.56. The molecule has 0 saturated carbocycles. The maximum atomic E-state index is 13.1. The largest absolute Gasteiger partial charge is 0.422 e. The van der Waals surface area contributed by atoms with Gasteiger partial charge in [-0.15, -0.1) is 5.10 Å². The van der Waals surface area contributed by atoms with Crippen molar-refractivity contribution in [3.05, 3.63) is 60.8 Å². The highest BCUT2D eigenvalue weighted by molar-refractivity contribution is 5.70. The standard InChI is InChI=1S/C16H9F3N6O/c17-16(18,19)11-3-4-12(10-7-20-9-21-8-10)13(6-11)26-15-24-23-14-2-1-5-22-25(14)15/h1-9H. The highest BCUT2D eigenvalue weighted by Crippen LogP contribution is 2.38. The Morgan fingerprint density at radius 1 is 1.00 bits per heavy atom. The minimum absolute atomic E-state index is 0.0574. The molecule has 7 nitrogen and oxygen atoms in total. The molecule has 4 aromatic rings.